The highest BCUT2D eigenvalue weighted by molar-refractivity contribution is 7.90. The highest BCUT2D eigenvalue weighted by atomic mass is 32.2. The minimum Gasteiger partial charge on any atom is -0.460 e. The quantitative estimate of drug-likeness (QED) is 0.819. The summed E-state index contributed by atoms with van der Waals surface area (Å²) < 4.78 is 31.6. The molecule has 0 saturated heterocycles. The Morgan fingerprint density at radius 3 is 2.62 bits per heavy atom. The van der Waals surface area contributed by atoms with Crippen LogP contribution >= 0.6 is 0 Å². The van der Waals surface area contributed by atoms with E-state index in [2.05, 4.69) is 9.71 Å². The molecule has 0 saturated carbocycles. The molecular weight excluding hydrogens is 352 g/mol. The van der Waals surface area contributed by atoms with E-state index in [4.69, 9.17) is 4.74 Å². The number of hydrogen-bond acceptors (Lipinski definition) is 5. The third-order valence-corrected chi connectivity index (χ3v) is 5.16. The average molecular weight is 370 g/mol. The number of amidine groups is 1. The summed E-state index contributed by atoms with van der Waals surface area (Å²) in [4.78, 5) is 16.4. The second-order valence-corrected chi connectivity index (χ2v) is 7.35. The van der Waals surface area contributed by atoms with E-state index in [-0.39, 0.29) is 17.3 Å². The van der Waals surface area contributed by atoms with Crippen LogP contribution in [-0.4, -0.2) is 32.9 Å². The molecule has 1 atom stereocenters. The van der Waals surface area contributed by atoms with Gasteiger partial charge in [0.15, 0.2) is 0 Å². The van der Waals surface area contributed by atoms with Gasteiger partial charge in [0.2, 0.25) is 0 Å². The first-order chi connectivity index (χ1) is 12.5. The summed E-state index contributed by atoms with van der Waals surface area (Å²) in [6.07, 6.45) is 3.59. The number of benzene rings is 2. The first kappa shape index (κ1) is 17.9. The fourth-order valence-corrected chi connectivity index (χ4v) is 3.71. The van der Waals surface area contributed by atoms with Crippen molar-refractivity contribution >= 4 is 27.9 Å². The van der Waals surface area contributed by atoms with Crippen LogP contribution in [0.2, 0.25) is 0 Å². The summed E-state index contributed by atoms with van der Waals surface area (Å²) in [6, 6.07) is 15.3. The normalized spacial score (nSPS) is 17.7. The zero-order valence-electron chi connectivity index (χ0n) is 14.1. The highest BCUT2D eigenvalue weighted by Gasteiger charge is 2.31. The number of ether oxygens (including phenoxy) is 1. The van der Waals surface area contributed by atoms with Crippen LogP contribution in [0, 0.1) is 0 Å². The second-order valence-electron chi connectivity index (χ2n) is 5.70. The third-order valence-electron chi connectivity index (χ3n) is 3.76. The number of sulfonamides is 1. The first-order valence-electron chi connectivity index (χ1n) is 8.05. The predicted molar refractivity (Wildman–Crippen MR) is 99.2 cm³/mol. The molecule has 0 bridgehead atoms. The van der Waals surface area contributed by atoms with Gasteiger partial charge in [-0.05, 0) is 30.7 Å². The summed E-state index contributed by atoms with van der Waals surface area (Å²) in [5, 5.41) is 0. The molecule has 1 aliphatic heterocycles. The Morgan fingerprint density at radius 2 is 1.85 bits per heavy atom. The number of nitrogens with zero attached hydrogens (tertiary/aromatic N) is 1. The number of aliphatic imine (C=N–C) groups is 1. The van der Waals surface area contributed by atoms with E-state index in [1.54, 1.807) is 31.2 Å². The van der Waals surface area contributed by atoms with E-state index in [1.165, 1.54) is 6.07 Å². The van der Waals surface area contributed by atoms with Gasteiger partial charge in [0.25, 0.3) is 10.0 Å². The van der Waals surface area contributed by atoms with Crippen molar-refractivity contribution < 1.29 is 17.9 Å². The number of fused-ring (bicyclic) bond motifs is 1. The lowest BCUT2D eigenvalue weighted by atomic mass is 10.2. The smallest absolute Gasteiger partial charge is 0.330 e. The predicted octanol–water partition coefficient (Wildman–Crippen LogP) is 2.37. The van der Waals surface area contributed by atoms with Crippen molar-refractivity contribution in [3.8, 4) is 0 Å². The Kier molecular flexibility index (Phi) is 5.18. The number of rotatable bonds is 5. The summed E-state index contributed by atoms with van der Waals surface area (Å²) >= 11 is 0. The minimum absolute atomic E-state index is 0.116. The summed E-state index contributed by atoms with van der Waals surface area (Å²) in [5.74, 6) is -0.372. The van der Waals surface area contributed by atoms with Gasteiger partial charge < -0.3 is 4.74 Å². The van der Waals surface area contributed by atoms with E-state index in [0.29, 0.717) is 5.56 Å². The standard InChI is InChI=1S/C19H18N2O4S/c1-14(19(22)25-13-7-10-15-8-3-2-4-9-15)20-18-16-11-5-6-12-17(16)26(23,24)21-18/h2-12,14H,13H2,1H3,(H,20,21)/t14-/m0/s1. The summed E-state index contributed by atoms with van der Waals surface area (Å²) in [5.41, 5.74) is 1.46. The van der Waals surface area contributed by atoms with Gasteiger partial charge in [-0.1, -0.05) is 48.5 Å². The lowest BCUT2D eigenvalue weighted by Gasteiger charge is -2.07. The number of nitrogens with one attached hydrogen (secondary N) is 1. The molecule has 3 rings (SSSR count). The molecule has 0 spiro atoms. The van der Waals surface area contributed by atoms with Crippen LogP contribution in [0.25, 0.3) is 6.08 Å². The van der Waals surface area contributed by atoms with Crippen molar-refractivity contribution in [2.75, 3.05) is 6.61 Å². The van der Waals surface area contributed by atoms with E-state index in [0.717, 1.165) is 5.56 Å². The van der Waals surface area contributed by atoms with Crippen LogP contribution in [0.4, 0.5) is 0 Å². The molecular formula is C19H18N2O4S. The summed E-state index contributed by atoms with van der Waals surface area (Å²) in [6.45, 7) is 1.68. The Morgan fingerprint density at radius 1 is 1.15 bits per heavy atom. The van der Waals surface area contributed by atoms with Gasteiger partial charge in [-0.25, -0.2) is 13.2 Å². The second kappa shape index (κ2) is 7.53. The molecule has 1 aliphatic rings. The molecule has 2 aromatic rings. The van der Waals surface area contributed by atoms with Gasteiger partial charge in [-0.15, -0.1) is 0 Å². The summed E-state index contributed by atoms with van der Waals surface area (Å²) in [7, 11) is -3.62. The maximum Gasteiger partial charge on any atom is 0.330 e. The topological polar surface area (TPSA) is 84.8 Å². The van der Waals surface area contributed by atoms with Crippen LogP contribution in [0.5, 0.6) is 0 Å². The van der Waals surface area contributed by atoms with Gasteiger partial charge >= 0.3 is 5.97 Å². The molecule has 0 fully saturated rings. The van der Waals surface area contributed by atoms with Crippen LogP contribution in [0.1, 0.15) is 18.1 Å². The number of esters is 1. The molecule has 1 heterocycles. The zero-order chi connectivity index (χ0) is 18.6. The largest absolute Gasteiger partial charge is 0.460 e. The fraction of sp³-hybridized carbons (Fsp3) is 0.158. The molecule has 26 heavy (non-hydrogen) atoms. The molecule has 0 aromatic heterocycles. The number of carbonyl (C=O) groups excluding carboxylic acids is 1. The molecule has 1 N–H and O–H groups in total. The Hall–Kier alpha value is -2.93. The maximum absolute atomic E-state index is 12.1. The molecule has 0 unspecified atom stereocenters. The van der Waals surface area contributed by atoms with Gasteiger partial charge in [0, 0.05) is 5.56 Å². The van der Waals surface area contributed by atoms with E-state index >= 15 is 0 Å². The Labute approximate surface area is 152 Å². The van der Waals surface area contributed by atoms with E-state index in [1.807, 2.05) is 36.4 Å². The highest BCUT2D eigenvalue weighted by Crippen LogP contribution is 2.22. The van der Waals surface area contributed by atoms with Crippen molar-refractivity contribution in [3.63, 3.8) is 0 Å². The molecule has 0 aliphatic carbocycles. The molecule has 0 radical (unpaired) electrons. The van der Waals surface area contributed by atoms with E-state index in [9.17, 15) is 13.2 Å². The molecule has 7 heteroatoms. The van der Waals surface area contributed by atoms with Crippen LogP contribution in [0.15, 0.2) is 70.6 Å². The SMILES string of the molecule is C[C@H](N=C1NS(=O)(=O)c2ccccc21)C(=O)OCC=Cc1ccccc1. The van der Waals surface area contributed by atoms with Crippen molar-refractivity contribution in [1.29, 1.82) is 0 Å². The first-order valence-corrected chi connectivity index (χ1v) is 9.54. The lowest BCUT2D eigenvalue weighted by Crippen LogP contribution is -2.26. The van der Waals surface area contributed by atoms with Crippen LogP contribution in [0.3, 0.4) is 0 Å². The zero-order valence-corrected chi connectivity index (χ0v) is 14.9. The fourth-order valence-electron chi connectivity index (χ4n) is 2.48. The van der Waals surface area contributed by atoms with Gasteiger partial charge in [-0.3, -0.25) is 9.71 Å². The van der Waals surface area contributed by atoms with E-state index < -0.39 is 22.0 Å². The van der Waals surface area contributed by atoms with Crippen LogP contribution in [-0.2, 0) is 19.6 Å². The van der Waals surface area contributed by atoms with Crippen molar-refractivity contribution in [2.45, 2.75) is 17.9 Å². The van der Waals surface area contributed by atoms with Crippen LogP contribution < -0.4 is 4.72 Å². The van der Waals surface area contributed by atoms with Gasteiger partial charge in [0.05, 0.1) is 4.90 Å². The number of carbonyl (C=O) groups is 1. The third kappa shape index (κ3) is 4.00. The number of hydrogen-bond donors (Lipinski definition) is 1. The molecule has 134 valence electrons. The molecule has 6 nitrogen and oxygen atoms in total. The molecule has 2 aromatic carbocycles. The lowest BCUT2D eigenvalue weighted by molar-refractivity contribution is -0.143. The van der Waals surface area contributed by atoms with Gasteiger partial charge in [-0.2, -0.15) is 0 Å². The van der Waals surface area contributed by atoms with Gasteiger partial charge in [0.1, 0.15) is 18.5 Å². The van der Waals surface area contributed by atoms with Crippen molar-refractivity contribution in [3.05, 3.63) is 71.8 Å². The average Bonchev–Trinajstić information content (AvgIpc) is 2.90. The maximum atomic E-state index is 12.1. The Bertz CT molecular complexity index is 966. The van der Waals surface area contributed by atoms with Crippen molar-refractivity contribution in [2.24, 2.45) is 4.99 Å². The monoisotopic (exact) mass is 370 g/mol. The molecule has 0 amide bonds. The minimum atomic E-state index is -3.62. The Balaban J connectivity index is 1.63. The van der Waals surface area contributed by atoms with Crippen molar-refractivity contribution in [1.82, 2.24) is 4.72 Å².